The second-order valence-electron chi connectivity index (χ2n) is 10.3. The van der Waals surface area contributed by atoms with Crippen LogP contribution >= 0.6 is 24.8 Å². The highest BCUT2D eigenvalue weighted by atomic mass is 35.5. The molecule has 41 heavy (non-hydrogen) atoms. The molecule has 216 valence electrons. The number of benzene rings is 3. The molecule has 2 saturated heterocycles. The molecule has 0 spiro atoms. The van der Waals surface area contributed by atoms with Gasteiger partial charge in [0.2, 0.25) is 0 Å². The minimum Gasteiger partial charge on any atom is -0.495 e. The first-order chi connectivity index (χ1) is 19.1. The van der Waals surface area contributed by atoms with Crippen LogP contribution < -0.4 is 19.4 Å². The number of piperazine rings is 1. The lowest BCUT2D eigenvalue weighted by Crippen LogP contribution is -2.47. The summed E-state index contributed by atoms with van der Waals surface area (Å²) in [5.41, 5.74) is 6.43. The number of aryl methyl sites for hydroxylation is 1. The number of halogens is 2. The van der Waals surface area contributed by atoms with Gasteiger partial charge >= 0.3 is 6.03 Å². The first kappa shape index (κ1) is 30.4. The van der Waals surface area contributed by atoms with Crippen LogP contribution in [0.5, 0.6) is 5.75 Å². The quantitative estimate of drug-likeness (QED) is 0.255. The molecule has 2 amide bonds. The van der Waals surface area contributed by atoms with E-state index in [1.165, 1.54) is 16.6 Å². The summed E-state index contributed by atoms with van der Waals surface area (Å²) in [6, 6.07) is 26.9. The summed E-state index contributed by atoms with van der Waals surface area (Å²) in [6.45, 7) is 8.44. The van der Waals surface area contributed by atoms with Gasteiger partial charge in [-0.15, -0.1) is 24.8 Å². The van der Waals surface area contributed by atoms with Crippen molar-refractivity contribution in [3.05, 3.63) is 90.1 Å². The Balaban J connectivity index is 0.00000194. The molecule has 4 aromatic rings. The number of nitrogens with zero attached hydrogens (tertiary/aromatic N) is 5. The van der Waals surface area contributed by atoms with E-state index in [0.29, 0.717) is 18.8 Å². The zero-order valence-electron chi connectivity index (χ0n) is 23.5. The van der Waals surface area contributed by atoms with Crippen LogP contribution in [0.3, 0.4) is 0 Å². The van der Waals surface area contributed by atoms with Crippen molar-refractivity contribution < 1.29 is 9.53 Å². The lowest BCUT2D eigenvalue weighted by atomic mass is 10.1. The van der Waals surface area contributed by atoms with Crippen molar-refractivity contribution in [2.24, 2.45) is 0 Å². The Hall–Kier alpha value is -3.52. The third-order valence-corrected chi connectivity index (χ3v) is 7.89. The molecular formula is C32H37Cl2N5O2. The third-order valence-electron chi connectivity index (χ3n) is 7.89. The fourth-order valence-electron chi connectivity index (χ4n) is 5.75. The van der Waals surface area contributed by atoms with Gasteiger partial charge in [0.1, 0.15) is 5.75 Å². The smallest absolute Gasteiger partial charge is 0.329 e. The second kappa shape index (κ2) is 13.4. The van der Waals surface area contributed by atoms with Gasteiger partial charge in [0.15, 0.2) is 0 Å². The monoisotopic (exact) mass is 593 g/mol. The molecular weight excluding hydrogens is 557 g/mol. The van der Waals surface area contributed by atoms with Gasteiger partial charge in [-0.25, -0.2) is 4.79 Å². The highest BCUT2D eigenvalue weighted by molar-refractivity contribution is 6.06. The van der Waals surface area contributed by atoms with Crippen LogP contribution in [0.2, 0.25) is 0 Å². The minimum atomic E-state index is -0.00781. The Bertz CT molecular complexity index is 1490. The first-order valence-electron chi connectivity index (χ1n) is 13.8. The van der Waals surface area contributed by atoms with Crippen molar-refractivity contribution in [1.82, 2.24) is 9.88 Å². The number of hydrogen-bond acceptors (Lipinski definition) is 5. The molecule has 9 heteroatoms. The molecule has 7 nitrogen and oxygen atoms in total. The average molecular weight is 595 g/mol. The second-order valence-corrected chi connectivity index (χ2v) is 10.3. The summed E-state index contributed by atoms with van der Waals surface area (Å²) in [7, 11) is 1.64. The van der Waals surface area contributed by atoms with Crippen LogP contribution in [0.4, 0.5) is 21.9 Å². The predicted molar refractivity (Wildman–Crippen MR) is 173 cm³/mol. The molecule has 3 aromatic carbocycles. The molecule has 0 atom stereocenters. The van der Waals surface area contributed by atoms with Gasteiger partial charge in [-0.05, 0) is 67.4 Å². The van der Waals surface area contributed by atoms with Crippen molar-refractivity contribution >= 4 is 58.8 Å². The predicted octanol–water partition coefficient (Wildman–Crippen LogP) is 6.21. The van der Waals surface area contributed by atoms with E-state index in [2.05, 4.69) is 58.3 Å². The molecule has 3 heterocycles. The van der Waals surface area contributed by atoms with Crippen molar-refractivity contribution in [1.29, 1.82) is 0 Å². The van der Waals surface area contributed by atoms with Crippen molar-refractivity contribution in [3.63, 3.8) is 0 Å². The number of rotatable bonds is 7. The number of methoxy groups -OCH3 is 1. The maximum absolute atomic E-state index is 13.3. The van der Waals surface area contributed by atoms with Crippen molar-refractivity contribution in [3.8, 4) is 5.75 Å². The molecule has 2 aliphatic heterocycles. The van der Waals surface area contributed by atoms with Gasteiger partial charge in [-0.3, -0.25) is 19.7 Å². The lowest BCUT2D eigenvalue weighted by molar-refractivity contribution is 0.255. The topological polar surface area (TPSA) is 52.2 Å². The van der Waals surface area contributed by atoms with Gasteiger partial charge in [0.05, 0.1) is 18.3 Å². The lowest BCUT2D eigenvalue weighted by Gasteiger charge is -2.36. The van der Waals surface area contributed by atoms with Gasteiger partial charge < -0.3 is 9.64 Å². The number of anilines is 3. The molecule has 0 bridgehead atoms. The molecule has 6 rings (SSSR count). The van der Waals surface area contributed by atoms with Crippen molar-refractivity contribution in [2.75, 3.05) is 67.6 Å². The van der Waals surface area contributed by atoms with Crippen LogP contribution in [-0.4, -0.2) is 68.8 Å². The number of amides is 2. The summed E-state index contributed by atoms with van der Waals surface area (Å²) in [6.07, 6.45) is 0.962. The fraction of sp³-hybridized carbons (Fsp3) is 0.312. The molecule has 2 fully saturated rings. The van der Waals surface area contributed by atoms with Crippen LogP contribution in [0.1, 0.15) is 11.3 Å². The number of pyridine rings is 1. The van der Waals surface area contributed by atoms with Crippen molar-refractivity contribution in [2.45, 2.75) is 13.3 Å². The van der Waals surface area contributed by atoms with Crippen LogP contribution in [0.15, 0.2) is 78.9 Å². The maximum Gasteiger partial charge on any atom is 0.329 e. The van der Waals surface area contributed by atoms with E-state index >= 15 is 0 Å². The highest BCUT2D eigenvalue weighted by Crippen LogP contribution is 2.32. The third kappa shape index (κ3) is 6.38. The first-order valence-corrected chi connectivity index (χ1v) is 13.8. The Kier molecular flexibility index (Phi) is 9.97. The molecule has 0 radical (unpaired) electrons. The van der Waals surface area contributed by atoms with E-state index in [1.54, 1.807) is 12.0 Å². The summed E-state index contributed by atoms with van der Waals surface area (Å²) in [5.74, 6) is 0.716. The van der Waals surface area contributed by atoms with E-state index in [9.17, 15) is 4.79 Å². The van der Waals surface area contributed by atoms with Gasteiger partial charge in [-0.2, -0.15) is 0 Å². The zero-order valence-corrected chi connectivity index (χ0v) is 25.2. The number of carbonyl (C=O) groups excluding carboxylic acids is 1. The molecule has 0 unspecified atom stereocenters. The number of hydrogen-bond donors (Lipinski definition) is 0. The Labute approximate surface area is 254 Å². The number of carbonyl (C=O) groups is 1. The van der Waals surface area contributed by atoms with E-state index in [4.69, 9.17) is 9.72 Å². The normalized spacial score (nSPS) is 15.6. The van der Waals surface area contributed by atoms with E-state index in [1.807, 2.05) is 42.2 Å². The number of urea groups is 1. The van der Waals surface area contributed by atoms with Crippen LogP contribution in [0, 0.1) is 6.92 Å². The van der Waals surface area contributed by atoms with E-state index < -0.39 is 0 Å². The highest BCUT2D eigenvalue weighted by Gasteiger charge is 2.32. The summed E-state index contributed by atoms with van der Waals surface area (Å²) >= 11 is 0. The van der Waals surface area contributed by atoms with E-state index in [0.717, 1.165) is 61.7 Å². The number of ether oxygens (including phenoxy) is 1. The fourth-order valence-corrected chi connectivity index (χ4v) is 5.75. The zero-order chi connectivity index (χ0) is 26.8. The minimum absolute atomic E-state index is 0. The SMILES string of the molecule is COc1ccccc1N1CCN(c2cccc(CCN3CCN(c4cccc5nc(C)ccc45)CC3)c2)C1=O.Cl.Cl. The van der Waals surface area contributed by atoms with Gasteiger partial charge in [0, 0.05) is 68.3 Å². The Morgan fingerprint density at radius 1 is 0.780 bits per heavy atom. The van der Waals surface area contributed by atoms with Gasteiger partial charge in [-0.1, -0.05) is 30.3 Å². The average Bonchev–Trinajstić information content (AvgIpc) is 3.37. The molecule has 2 aliphatic rings. The molecule has 0 saturated carbocycles. The summed E-state index contributed by atoms with van der Waals surface area (Å²) in [5, 5.41) is 1.23. The standard InChI is InChI=1S/C32H35N5O2.2ClH/c1-24-13-14-27-28(33-24)9-6-11-29(27)35-19-17-34(18-20-35)16-15-25-7-5-8-26(23-25)36-21-22-37(32(36)38)30-10-3-4-12-31(30)39-2;;/h3-14,23H,15-22H2,1-2H3;2*1H. The van der Waals surface area contributed by atoms with Crippen LogP contribution in [0.25, 0.3) is 10.9 Å². The number of para-hydroxylation sites is 2. The van der Waals surface area contributed by atoms with Crippen LogP contribution in [-0.2, 0) is 6.42 Å². The Morgan fingerprint density at radius 2 is 1.51 bits per heavy atom. The molecule has 1 aromatic heterocycles. The molecule has 0 aliphatic carbocycles. The number of fused-ring (bicyclic) bond motifs is 1. The van der Waals surface area contributed by atoms with Gasteiger partial charge in [0.25, 0.3) is 0 Å². The maximum atomic E-state index is 13.3. The van der Waals surface area contributed by atoms with E-state index in [-0.39, 0.29) is 30.8 Å². The number of aromatic nitrogens is 1. The summed E-state index contributed by atoms with van der Waals surface area (Å²) in [4.78, 5) is 26.7. The Morgan fingerprint density at radius 3 is 2.32 bits per heavy atom. The summed E-state index contributed by atoms with van der Waals surface area (Å²) < 4.78 is 5.49. The largest absolute Gasteiger partial charge is 0.495 e. The molecule has 0 N–H and O–H groups in total.